The Morgan fingerprint density at radius 2 is 1.58 bits per heavy atom. The molecular weight excluding hydrogens is 503 g/mol. The number of halogens is 3. The molecule has 3 rings (SSSR count). The van der Waals surface area contributed by atoms with Gasteiger partial charge in [-0.1, -0.05) is 0 Å². The molecule has 1 aliphatic heterocycles. The molecule has 2 aromatic carbocycles. The summed E-state index contributed by atoms with van der Waals surface area (Å²) >= 11 is 1.28. The first kappa shape index (κ1) is 27.1. The SMILES string of the molecule is CN1C(=O)N(CC(CSc2ccc(Oc3ccc(OC(F)(F)F)cc3)cc2)N(O)C=O)C(=O)C1(C)C. The first-order valence-corrected chi connectivity index (χ1v) is 11.6. The summed E-state index contributed by atoms with van der Waals surface area (Å²) in [7, 11) is 1.51. The fourth-order valence-electron chi connectivity index (χ4n) is 3.29. The maximum absolute atomic E-state index is 12.6. The van der Waals surface area contributed by atoms with Crippen LogP contribution in [0.5, 0.6) is 17.2 Å². The molecular formula is C23H24F3N3O6S. The molecule has 1 aliphatic rings. The number of urea groups is 1. The van der Waals surface area contributed by atoms with Crippen LogP contribution in [0, 0.1) is 0 Å². The predicted octanol–water partition coefficient (Wildman–Crippen LogP) is 4.36. The third kappa shape index (κ3) is 6.40. The van der Waals surface area contributed by atoms with E-state index >= 15 is 0 Å². The van der Waals surface area contributed by atoms with Gasteiger partial charge in [-0.3, -0.25) is 19.7 Å². The second-order valence-electron chi connectivity index (χ2n) is 8.36. The van der Waals surface area contributed by atoms with E-state index in [9.17, 15) is 32.8 Å². The summed E-state index contributed by atoms with van der Waals surface area (Å²) < 4.78 is 46.2. The summed E-state index contributed by atoms with van der Waals surface area (Å²) in [6, 6.07) is 10.3. The number of amides is 4. The fourth-order valence-corrected chi connectivity index (χ4v) is 4.26. The Morgan fingerprint density at radius 3 is 2.06 bits per heavy atom. The summed E-state index contributed by atoms with van der Waals surface area (Å²) in [5.41, 5.74) is -1.03. The second-order valence-corrected chi connectivity index (χ2v) is 9.45. The van der Waals surface area contributed by atoms with Crippen molar-refractivity contribution in [2.75, 3.05) is 19.3 Å². The number of nitrogens with zero attached hydrogens (tertiary/aromatic N) is 3. The second kappa shape index (κ2) is 10.7. The lowest BCUT2D eigenvalue weighted by molar-refractivity contribution is -0.274. The van der Waals surface area contributed by atoms with Crippen molar-refractivity contribution in [3.63, 3.8) is 0 Å². The fraction of sp³-hybridized carbons (Fsp3) is 0.348. The van der Waals surface area contributed by atoms with E-state index in [0.29, 0.717) is 16.6 Å². The average molecular weight is 528 g/mol. The maximum Gasteiger partial charge on any atom is 0.573 e. The van der Waals surface area contributed by atoms with E-state index in [2.05, 4.69) is 4.74 Å². The van der Waals surface area contributed by atoms with Gasteiger partial charge in [0, 0.05) is 17.7 Å². The molecule has 1 fully saturated rings. The normalized spacial score (nSPS) is 16.2. The number of hydrogen-bond acceptors (Lipinski definition) is 7. The number of carbonyl (C=O) groups excluding carboxylic acids is 3. The standard InChI is InChI=1S/C23H24F3N3O6S/c1-22(2)20(31)28(21(32)27(22)3)12-15(29(33)14-30)13-36-19-10-8-17(9-11-19)34-16-4-6-18(7-5-16)35-23(24,25)26/h4-11,14-15,33H,12-13H2,1-3H3. The molecule has 1 atom stereocenters. The van der Waals surface area contributed by atoms with E-state index in [-0.39, 0.29) is 24.5 Å². The molecule has 194 valence electrons. The van der Waals surface area contributed by atoms with Gasteiger partial charge in [-0.2, -0.15) is 0 Å². The van der Waals surface area contributed by atoms with Crippen LogP contribution in [0.3, 0.4) is 0 Å². The van der Waals surface area contributed by atoms with Gasteiger partial charge in [0.25, 0.3) is 5.91 Å². The first-order chi connectivity index (χ1) is 16.8. The minimum absolute atomic E-state index is 0.178. The van der Waals surface area contributed by atoms with Gasteiger partial charge in [0.05, 0.1) is 12.6 Å². The molecule has 1 saturated heterocycles. The molecule has 0 spiro atoms. The number of hydroxylamine groups is 2. The van der Waals surface area contributed by atoms with Crippen LogP contribution in [0.25, 0.3) is 0 Å². The van der Waals surface area contributed by atoms with E-state index in [1.165, 1.54) is 35.8 Å². The van der Waals surface area contributed by atoms with E-state index < -0.39 is 29.9 Å². The van der Waals surface area contributed by atoms with Crippen LogP contribution in [0.2, 0.25) is 0 Å². The largest absolute Gasteiger partial charge is 0.573 e. The molecule has 2 aromatic rings. The highest BCUT2D eigenvalue weighted by Gasteiger charge is 2.49. The lowest BCUT2D eigenvalue weighted by Crippen LogP contribution is -2.47. The van der Waals surface area contributed by atoms with Gasteiger partial charge in [-0.05, 0) is 62.4 Å². The zero-order valence-electron chi connectivity index (χ0n) is 19.6. The van der Waals surface area contributed by atoms with Crippen LogP contribution in [0.15, 0.2) is 53.4 Å². The van der Waals surface area contributed by atoms with Crippen LogP contribution in [-0.2, 0) is 9.59 Å². The zero-order valence-corrected chi connectivity index (χ0v) is 20.4. The van der Waals surface area contributed by atoms with Crippen LogP contribution >= 0.6 is 11.8 Å². The zero-order chi connectivity index (χ0) is 26.7. The molecule has 1 unspecified atom stereocenters. The first-order valence-electron chi connectivity index (χ1n) is 10.6. The molecule has 0 saturated carbocycles. The van der Waals surface area contributed by atoms with Crippen LogP contribution in [-0.4, -0.2) is 75.7 Å². The molecule has 13 heteroatoms. The molecule has 4 amide bonds. The minimum Gasteiger partial charge on any atom is -0.457 e. The molecule has 0 aromatic heterocycles. The number of ether oxygens (including phenoxy) is 2. The Balaban J connectivity index is 1.60. The van der Waals surface area contributed by atoms with Gasteiger partial charge < -0.3 is 14.4 Å². The van der Waals surface area contributed by atoms with Crippen molar-refractivity contribution in [3.8, 4) is 17.2 Å². The third-order valence-electron chi connectivity index (χ3n) is 5.56. The summed E-state index contributed by atoms with van der Waals surface area (Å²) in [5.74, 6) is 0.119. The van der Waals surface area contributed by atoms with Crippen molar-refractivity contribution < 1.29 is 42.2 Å². The van der Waals surface area contributed by atoms with Crippen molar-refractivity contribution >= 4 is 30.1 Å². The smallest absolute Gasteiger partial charge is 0.457 e. The molecule has 0 bridgehead atoms. The van der Waals surface area contributed by atoms with E-state index in [1.807, 2.05) is 0 Å². The van der Waals surface area contributed by atoms with Crippen LogP contribution in [0.1, 0.15) is 13.8 Å². The monoisotopic (exact) mass is 527 g/mol. The van der Waals surface area contributed by atoms with E-state index in [4.69, 9.17) is 4.74 Å². The van der Waals surface area contributed by atoms with Crippen molar-refractivity contribution in [1.82, 2.24) is 14.9 Å². The number of benzene rings is 2. The highest BCUT2D eigenvalue weighted by atomic mass is 32.2. The Hall–Kier alpha value is -3.45. The Bertz CT molecular complexity index is 1100. The number of rotatable bonds is 10. The van der Waals surface area contributed by atoms with Crippen LogP contribution < -0.4 is 9.47 Å². The van der Waals surface area contributed by atoms with Gasteiger partial charge >= 0.3 is 12.4 Å². The van der Waals surface area contributed by atoms with Crippen molar-refractivity contribution in [3.05, 3.63) is 48.5 Å². The minimum atomic E-state index is -4.78. The lowest BCUT2D eigenvalue weighted by atomic mass is 10.1. The Morgan fingerprint density at radius 1 is 1.06 bits per heavy atom. The molecule has 1 N–H and O–H groups in total. The highest BCUT2D eigenvalue weighted by Crippen LogP contribution is 2.30. The van der Waals surface area contributed by atoms with Crippen molar-refractivity contribution in [2.24, 2.45) is 0 Å². The average Bonchev–Trinajstić information content (AvgIpc) is 2.96. The van der Waals surface area contributed by atoms with Gasteiger partial charge in [0.2, 0.25) is 6.41 Å². The predicted molar refractivity (Wildman–Crippen MR) is 123 cm³/mol. The Labute approximate surface area is 209 Å². The van der Waals surface area contributed by atoms with Crippen LogP contribution in [0.4, 0.5) is 18.0 Å². The molecule has 0 aliphatic carbocycles. The van der Waals surface area contributed by atoms with Gasteiger partial charge in [0.1, 0.15) is 22.8 Å². The number of carbonyl (C=O) groups is 3. The summed E-state index contributed by atoms with van der Waals surface area (Å²) in [4.78, 5) is 39.4. The van der Waals surface area contributed by atoms with Gasteiger partial charge in [-0.15, -0.1) is 24.9 Å². The summed E-state index contributed by atoms with van der Waals surface area (Å²) in [6.07, 6.45) is -4.56. The number of hydrogen-bond donors (Lipinski definition) is 1. The lowest BCUT2D eigenvalue weighted by Gasteiger charge is -2.26. The number of imide groups is 1. The topological polar surface area (TPSA) is 99.6 Å². The summed E-state index contributed by atoms with van der Waals surface area (Å²) in [5, 5.41) is 10.4. The molecule has 36 heavy (non-hydrogen) atoms. The number of thioether (sulfide) groups is 1. The van der Waals surface area contributed by atoms with E-state index in [0.717, 1.165) is 21.9 Å². The third-order valence-corrected chi connectivity index (χ3v) is 6.72. The quantitative estimate of drug-likeness (QED) is 0.161. The highest BCUT2D eigenvalue weighted by molar-refractivity contribution is 7.99. The number of alkyl halides is 3. The number of likely N-dealkylation sites (N-methyl/N-ethyl adjacent to an activating group) is 1. The summed E-state index contributed by atoms with van der Waals surface area (Å²) in [6.45, 7) is 3.05. The van der Waals surface area contributed by atoms with Gasteiger partial charge in [-0.25, -0.2) is 9.86 Å². The molecule has 0 radical (unpaired) electrons. The van der Waals surface area contributed by atoms with Gasteiger partial charge in [0.15, 0.2) is 0 Å². The Kier molecular flexibility index (Phi) is 8.04. The molecule has 9 nitrogen and oxygen atoms in total. The van der Waals surface area contributed by atoms with Crippen molar-refractivity contribution in [1.29, 1.82) is 0 Å². The maximum atomic E-state index is 12.6. The molecule has 1 heterocycles. The van der Waals surface area contributed by atoms with E-state index in [1.54, 1.807) is 38.1 Å². The van der Waals surface area contributed by atoms with Crippen molar-refractivity contribution in [2.45, 2.75) is 36.7 Å².